The van der Waals surface area contributed by atoms with Crippen LogP contribution in [0.3, 0.4) is 0 Å². The molecule has 0 aromatic heterocycles. The molecule has 2 saturated heterocycles. The van der Waals surface area contributed by atoms with Crippen molar-refractivity contribution in [2.45, 2.75) is 31.5 Å². The zero-order valence-corrected chi connectivity index (χ0v) is 7.26. The van der Waals surface area contributed by atoms with Crippen molar-refractivity contribution in [2.24, 2.45) is 0 Å². The molecular weight excluding hydrogens is 138 g/mol. The Kier molecular flexibility index (Phi) is 1.31. The van der Waals surface area contributed by atoms with Crippen LogP contribution in [0.2, 0.25) is 0 Å². The smallest absolute Gasteiger partial charge is 0.0974 e. The first-order valence-electron chi connectivity index (χ1n) is 4.18. The fourth-order valence-electron chi connectivity index (χ4n) is 2.10. The first kappa shape index (κ1) is 7.17. The Morgan fingerprint density at radius 2 is 2.45 bits per heavy atom. The van der Waals surface area contributed by atoms with E-state index >= 15 is 0 Å². The highest BCUT2D eigenvalue weighted by Crippen LogP contribution is 2.38. The second-order valence-electron chi connectivity index (χ2n) is 3.94. The minimum absolute atomic E-state index is 0.112. The molecule has 2 heteroatoms. The van der Waals surface area contributed by atoms with Gasteiger partial charge in [-0.1, -0.05) is 6.58 Å². The van der Waals surface area contributed by atoms with Crippen molar-refractivity contribution in [1.29, 1.82) is 0 Å². The number of hydrogen-bond acceptors (Lipinski definition) is 2. The number of rotatable bonds is 0. The second kappa shape index (κ2) is 2.01. The van der Waals surface area contributed by atoms with Gasteiger partial charge in [0, 0.05) is 19.3 Å². The van der Waals surface area contributed by atoms with Gasteiger partial charge in [-0.2, -0.15) is 0 Å². The van der Waals surface area contributed by atoms with Gasteiger partial charge in [-0.3, -0.25) is 0 Å². The molecule has 0 spiro atoms. The third-order valence-electron chi connectivity index (χ3n) is 2.80. The zero-order chi connectivity index (χ0) is 8.06. The lowest BCUT2D eigenvalue weighted by molar-refractivity contribution is -0.0666. The van der Waals surface area contributed by atoms with E-state index in [1.54, 1.807) is 0 Å². The molecule has 0 saturated carbocycles. The normalized spacial score (nSPS) is 43.3. The Bertz CT molecular complexity index is 202. The number of hydrogen-bond donors (Lipinski definition) is 0. The maximum absolute atomic E-state index is 5.83. The number of likely N-dealkylation sites (tertiary alicyclic amines) is 1. The molecule has 0 aromatic rings. The SMILES string of the molecule is C=C1[C@H]2CCC(C)(CN1C)O2. The highest BCUT2D eigenvalue weighted by molar-refractivity contribution is 5.11. The van der Waals surface area contributed by atoms with Crippen LogP contribution in [0.1, 0.15) is 19.8 Å². The lowest BCUT2D eigenvalue weighted by Crippen LogP contribution is -2.45. The molecule has 2 aliphatic heterocycles. The highest BCUT2D eigenvalue weighted by Gasteiger charge is 2.43. The maximum atomic E-state index is 5.83. The van der Waals surface area contributed by atoms with E-state index in [-0.39, 0.29) is 5.60 Å². The second-order valence-corrected chi connectivity index (χ2v) is 3.94. The summed E-state index contributed by atoms with van der Waals surface area (Å²) < 4.78 is 5.83. The molecule has 62 valence electrons. The van der Waals surface area contributed by atoms with E-state index in [4.69, 9.17) is 4.74 Å². The summed E-state index contributed by atoms with van der Waals surface area (Å²) in [5.74, 6) is 0. The van der Waals surface area contributed by atoms with Gasteiger partial charge in [0.15, 0.2) is 0 Å². The molecule has 1 unspecified atom stereocenters. The number of nitrogens with zero attached hydrogens (tertiary/aromatic N) is 1. The van der Waals surface area contributed by atoms with Crippen LogP contribution in [0.5, 0.6) is 0 Å². The number of fused-ring (bicyclic) bond motifs is 2. The first-order valence-corrected chi connectivity index (χ1v) is 4.18. The Labute approximate surface area is 67.8 Å². The zero-order valence-electron chi connectivity index (χ0n) is 7.26. The van der Waals surface area contributed by atoms with E-state index in [0.717, 1.165) is 18.7 Å². The van der Waals surface area contributed by atoms with Gasteiger partial charge >= 0.3 is 0 Å². The summed E-state index contributed by atoms with van der Waals surface area (Å²) in [6.45, 7) is 7.20. The van der Waals surface area contributed by atoms with E-state index in [1.165, 1.54) is 6.42 Å². The van der Waals surface area contributed by atoms with Crippen LogP contribution in [0.25, 0.3) is 0 Å². The summed E-state index contributed by atoms with van der Waals surface area (Å²) in [6.07, 6.45) is 2.64. The van der Waals surface area contributed by atoms with Gasteiger partial charge in [0.1, 0.15) is 0 Å². The van der Waals surface area contributed by atoms with Crippen molar-refractivity contribution in [3.05, 3.63) is 12.3 Å². The van der Waals surface area contributed by atoms with Crippen LogP contribution in [0, 0.1) is 0 Å². The minimum Gasteiger partial charge on any atom is -0.373 e. The monoisotopic (exact) mass is 153 g/mol. The van der Waals surface area contributed by atoms with E-state index in [0.29, 0.717) is 6.10 Å². The molecule has 2 aliphatic rings. The fraction of sp³-hybridized carbons (Fsp3) is 0.778. The maximum Gasteiger partial charge on any atom is 0.0974 e. The van der Waals surface area contributed by atoms with Crippen molar-refractivity contribution in [1.82, 2.24) is 4.90 Å². The van der Waals surface area contributed by atoms with Gasteiger partial charge in [0.25, 0.3) is 0 Å². The highest BCUT2D eigenvalue weighted by atomic mass is 16.5. The van der Waals surface area contributed by atoms with E-state index in [9.17, 15) is 0 Å². The van der Waals surface area contributed by atoms with Crippen LogP contribution in [0.15, 0.2) is 12.3 Å². The number of likely N-dealkylation sites (N-methyl/N-ethyl adjacent to an activating group) is 1. The van der Waals surface area contributed by atoms with Crippen LogP contribution in [0.4, 0.5) is 0 Å². The molecular formula is C9H15NO. The van der Waals surface area contributed by atoms with Crippen LogP contribution >= 0.6 is 0 Å². The van der Waals surface area contributed by atoms with Crippen molar-refractivity contribution in [3.63, 3.8) is 0 Å². The quantitative estimate of drug-likeness (QED) is 0.521. The standard InChI is InChI=1S/C9H15NO/c1-7-8-4-5-9(2,11-8)6-10(7)3/h8H,1,4-6H2,2-3H3/t8-,9?/m1/s1. The lowest BCUT2D eigenvalue weighted by Gasteiger charge is -2.38. The third-order valence-corrected chi connectivity index (χ3v) is 2.80. The van der Waals surface area contributed by atoms with Crippen molar-refractivity contribution < 1.29 is 4.74 Å². The predicted octanol–water partition coefficient (Wildman–Crippen LogP) is 1.38. The molecule has 2 heterocycles. The van der Waals surface area contributed by atoms with Crippen LogP contribution in [-0.4, -0.2) is 30.2 Å². The van der Waals surface area contributed by atoms with Gasteiger partial charge in [0.2, 0.25) is 0 Å². The first-order chi connectivity index (χ1) is 5.11. The average Bonchev–Trinajstić information content (AvgIpc) is 2.25. The topological polar surface area (TPSA) is 12.5 Å². The summed E-state index contributed by atoms with van der Waals surface area (Å²) in [5, 5.41) is 0. The largest absolute Gasteiger partial charge is 0.373 e. The van der Waals surface area contributed by atoms with E-state index in [1.807, 2.05) is 0 Å². The average molecular weight is 153 g/mol. The Morgan fingerprint density at radius 3 is 3.18 bits per heavy atom. The van der Waals surface area contributed by atoms with Crippen molar-refractivity contribution in [2.75, 3.05) is 13.6 Å². The van der Waals surface area contributed by atoms with Gasteiger partial charge < -0.3 is 9.64 Å². The van der Waals surface area contributed by atoms with Gasteiger partial charge in [-0.05, 0) is 19.8 Å². The molecule has 11 heavy (non-hydrogen) atoms. The molecule has 2 rings (SSSR count). The summed E-state index contributed by atoms with van der Waals surface area (Å²) in [4.78, 5) is 2.22. The molecule has 2 fully saturated rings. The molecule has 2 atom stereocenters. The minimum atomic E-state index is 0.112. The molecule has 0 radical (unpaired) electrons. The van der Waals surface area contributed by atoms with Crippen LogP contribution in [-0.2, 0) is 4.74 Å². The molecule has 0 aliphatic carbocycles. The Morgan fingerprint density at radius 1 is 1.73 bits per heavy atom. The summed E-state index contributed by atoms with van der Waals surface area (Å²) in [5.41, 5.74) is 1.26. The summed E-state index contributed by atoms with van der Waals surface area (Å²) >= 11 is 0. The third kappa shape index (κ3) is 0.968. The molecule has 2 bridgehead atoms. The predicted molar refractivity (Wildman–Crippen MR) is 44.3 cm³/mol. The van der Waals surface area contributed by atoms with Crippen molar-refractivity contribution in [3.8, 4) is 0 Å². The van der Waals surface area contributed by atoms with E-state index in [2.05, 4.69) is 25.5 Å². The molecule has 0 N–H and O–H groups in total. The van der Waals surface area contributed by atoms with E-state index < -0.39 is 0 Å². The summed E-state index contributed by atoms with van der Waals surface area (Å²) in [7, 11) is 2.10. The van der Waals surface area contributed by atoms with Gasteiger partial charge in [0.05, 0.1) is 11.7 Å². The molecule has 2 nitrogen and oxygen atoms in total. The molecule has 0 amide bonds. The van der Waals surface area contributed by atoms with Gasteiger partial charge in [-0.25, -0.2) is 0 Å². The van der Waals surface area contributed by atoms with Crippen molar-refractivity contribution >= 4 is 0 Å². The van der Waals surface area contributed by atoms with Gasteiger partial charge in [-0.15, -0.1) is 0 Å². The Balaban J connectivity index is 2.23. The summed E-state index contributed by atoms with van der Waals surface area (Å²) in [6, 6.07) is 0. The number of ether oxygens (including phenoxy) is 1. The number of morpholine rings is 1. The fourth-order valence-corrected chi connectivity index (χ4v) is 2.10. The molecule has 0 aromatic carbocycles. The Hall–Kier alpha value is -0.500. The van der Waals surface area contributed by atoms with Crippen LogP contribution < -0.4 is 0 Å². The lowest BCUT2D eigenvalue weighted by atomic mass is 10.0.